The summed E-state index contributed by atoms with van der Waals surface area (Å²) in [5, 5.41) is 0.615. The average Bonchev–Trinajstić information content (AvgIpc) is 3.07. The Labute approximate surface area is 155 Å². The second-order valence-electron chi connectivity index (χ2n) is 6.61. The van der Waals surface area contributed by atoms with Crippen LogP contribution in [0.4, 0.5) is 5.69 Å². The van der Waals surface area contributed by atoms with E-state index in [1.807, 2.05) is 24.3 Å². The Kier molecular flexibility index (Phi) is 4.36. The van der Waals surface area contributed by atoms with E-state index in [1.165, 1.54) is 10.1 Å². The van der Waals surface area contributed by atoms with E-state index in [0.29, 0.717) is 17.8 Å². The van der Waals surface area contributed by atoms with Gasteiger partial charge in [-0.2, -0.15) is 0 Å². The van der Waals surface area contributed by atoms with Gasteiger partial charge in [-0.05, 0) is 43.9 Å². The lowest BCUT2D eigenvalue weighted by molar-refractivity contribution is -0.119. The number of para-hydroxylation sites is 1. The van der Waals surface area contributed by atoms with E-state index >= 15 is 0 Å². The third-order valence-corrected chi connectivity index (χ3v) is 6.12. The zero-order valence-corrected chi connectivity index (χ0v) is 15.8. The van der Waals surface area contributed by atoms with Gasteiger partial charge in [-0.1, -0.05) is 25.1 Å². The molecule has 1 amide bonds. The van der Waals surface area contributed by atoms with Crippen molar-refractivity contribution in [1.29, 1.82) is 0 Å². The molecular weight excluding hydrogens is 346 g/mol. The summed E-state index contributed by atoms with van der Waals surface area (Å²) in [5.41, 5.74) is 2.03. The Morgan fingerprint density at radius 1 is 1.31 bits per heavy atom. The number of nitrogens with zero attached hydrogens (tertiary/aromatic N) is 3. The molecule has 0 N–H and O–H groups in total. The standard InChI is InChI=1S/C20H21N3O2S/c1-3-15-11-16-19(26-15)21-13(2)23(20(16)25)12-18(24)22-10-6-8-14-7-4-5-9-17(14)22/h4-5,7,9,11H,3,6,8,10,12H2,1-2H3. The lowest BCUT2D eigenvalue weighted by atomic mass is 10.0. The number of aromatic nitrogens is 2. The number of benzene rings is 1. The van der Waals surface area contributed by atoms with Crippen molar-refractivity contribution >= 4 is 33.1 Å². The van der Waals surface area contributed by atoms with Crippen LogP contribution in [0.25, 0.3) is 10.2 Å². The van der Waals surface area contributed by atoms with Crippen LogP contribution in [0.5, 0.6) is 0 Å². The summed E-state index contributed by atoms with van der Waals surface area (Å²) in [4.78, 5) is 34.1. The smallest absolute Gasteiger partial charge is 0.262 e. The van der Waals surface area contributed by atoms with E-state index in [0.717, 1.165) is 34.7 Å². The molecule has 1 aliphatic heterocycles. The minimum Gasteiger partial charge on any atom is -0.311 e. The SMILES string of the molecule is CCc1cc2c(=O)n(CC(=O)N3CCCc4ccccc43)c(C)nc2s1. The molecule has 0 radical (unpaired) electrons. The van der Waals surface area contributed by atoms with Crippen LogP contribution in [0.2, 0.25) is 0 Å². The Balaban J connectivity index is 1.70. The molecule has 0 atom stereocenters. The summed E-state index contributed by atoms with van der Waals surface area (Å²) in [6, 6.07) is 9.91. The van der Waals surface area contributed by atoms with E-state index in [4.69, 9.17) is 0 Å². The zero-order valence-electron chi connectivity index (χ0n) is 15.0. The van der Waals surface area contributed by atoms with Gasteiger partial charge in [0.15, 0.2) is 0 Å². The summed E-state index contributed by atoms with van der Waals surface area (Å²) in [6.45, 7) is 4.58. The van der Waals surface area contributed by atoms with Crippen molar-refractivity contribution in [2.75, 3.05) is 11.4 Å². The average molecular weight is 367 g/mol. The van der Waals surface area contributed by atoms with Gasteiger partial charge in [0.1, 0.15) is 17.2 Å². The number of hydrogen-bond acceptors (Lipinski definition) is 4. The summed E-state index contributed by atoms with van der Waals surface area (Å²) in [6.07, 6.45) is 2.81. The highest BCUT2D eigenvalue weighted by Gasteiger charge is 2.23. The van der Waals surface area contributed by atoms with E-state index in [9.17, 15) is 9.59 Å². The molecule has 5 nitrogen and oxygen atoms in total. The Hall–Kier alpha value is -2.47. The van der Waals surface area contributed by atoms with Crippen molar-refractivity contribution in [2.24, 2.45) is 0 Å². The summed E-state index contributed by atoms with van der Waals surface area (Å²) >= 11 is 1.55. The van der Waals surface area contributed by atoms with Gasteiger partial charge < -0.3 is 4.90 Å². The molecule has 0 bridgehead atoms. The predicted octanol–water partition coefficient (Wildman–Crippen LogP) is 3.31. The number of rotatable bonds is 3. The van der Waals surface area contributed by atoms with Crippen molar-refractivity contribution in [1.82, 2.24) is 9.55 Å². The van der Waals surface area contributed by atoms with Gasteiger partial charge in [0.05, 0.1) is 5.39 Å². The van der Waals surface area contributed by atoms with Gasteiger partial charge >= 0.3 is 0 Å². The van der Waals surface area contributed by atoms with Crippen molar-refractivity contribution in [3.63, 3.8) is 0 Å². The molecule has 1 aromatic carbocycles. The number of hydrogen-bond donors (Lipinski definition) is 0. The van der Waals surface area contributed by atoms with E-state index in [1.54, 1.807) is 23.2 Å². The molecule has 2 aromatic heterocycles. The second-order valence-corrected chi connectivity index (χ2v) is 7.73. The summed E-state index contributed by atoms with van der Waals surface area (Å²) in [7, 11) is 0. The molecule has 0 saturated heterocycles. The largest absolute Gasteiger partial charge is 0.311 e. The van der Waals surface area contributed by atoms with Crippen LogP contribution >= 0.6 is 11.3 Å². The third-order valence-electron chi connectivity index (χ3n) is 4.95. The van der Waals surface area contributed by atoms with Crippen LogP contribution < -0.4 is 10.5 Å². The van der Waals surface area contributed by atoms with Gasteiger partial charge in [0.25, 0.3) is 5.56 Å². The van der Waals surface area contributed by atoms with Crippen LogP contribution in [-0.2, 0) is 24.2 Å². The van der Waals surface area contributed by atoms with Gasteiger partial charge in [0.2, 0.25) is 5.91 Å². The van der Waals surface area contributed by atoms with E-state index in [-0.39, 0.29) is 18.0 Å². The first kappa shape index (κ1) is 17.0. The number of anilines is 1. The monoisotopic (exact) mass is 367 g/mol. The first-order valence-electron chi connectivity index (χ1n) is 8.96. The predicted molar refractivity (Wildman–Crippen MR) is 105 cm³/mol. The molecule has 0 spiro atoms. The highest BCUT2D eigenvalue weighted by molar-refractivity contribution is 7.18. The molecule has 3 aromatic rings. The fourth-order valence-electron chi connectivity index (χ4n) is 3.54. The maximum atomic E-state index is 13.0. The first-order chi connectivity index (χ1) is 12.6. The number of thiophene rings is 1. The van der Waals surface area contributed by atoms with Crippen LogP contribution in [0, 0.1) is 6.92 Å². The fourth-order valence-corrected chi connectivity index (χ4v) is 4.54. The summed E-state index contributed by atoms with van der Waals surface area (Å²) < 4.78 is 1.51. The Bertz CT molecular complexity index is 1050. The molecule has 6 heteroatoms. The topological polar surface area (TPSA) is 55.2 Å². The quantitative estimate of drug-likeness (QED) is 0.714. The van der Waals surface area contributed by atoms with Crippen LogP contribution in [-0.4, -0.2) is 22.0 Å². The van der Waals surface area contributed by atoms with E-state index in [2.05, 4.69) is 18.0 Å². The molecule has 0 unspecified atom stereocenters. The second kappa shape index (κ2) is 6.68. The normalized spacial score (nSPS) is 13.8. The molecule has 1 aliphatic rings. The van der Waals surface area contributed by atoms with Crippen molar-refractivity contribution in [2.45, 2.75) is 39.7 Å². The minimum atomic E-state index is -0.123. The maximum absolute atomic E-state index is 13.0. The highest BCUT2D eigenvalue weighted by Crippen LogP contribution is 2.27. The molecular formula is C20H21N3O2S. The highest BCUT2D eigenvalue weighted by atomic mass is 32.1. The van der Waals surface area contributed by atoms with Crippen LogP contribution in [0.3, 0.4) is 0 Å². The minimum absolute atomic E-state index is 0.0270. The number of fused-ring (bicyclic) bond motifs is 2. The number of carbonyl (C=O) groups is 1. The molecule has 4 rings (SSSR count). The van der Waals surface area contributed by atoms with Gasteiger partial charge in [-0.15, -0.1) is 11.3 Å². The van der Waals surface area contributed by atoms with Crippen LogP contribution in [0.15, 0.2) is 35.1 Å². The maximum Gasteiger partial charge on any atom is 0.262 e. The lowest BCUT2D eigenvalue weighted by Crippen LogP contribution is -2.40. The Morgan fingerprint density at radius 3 is 2.92 bits per heavy atom. The lowest BCUT2D eigenvalue weighted by Gasteiger charge is -2.29. The number of aryl methyl sites for hydroxylation is 3. The molecule has 134 valence electrons. The third kappa shape index (κ3) is 2.84. The molecule has 0 aliphatic carbocycles. The zero-order chi connectivity index (χ0) is 18.3. The number of amides is 1. The van der Waals surface area contributed by atoms with Crippen molar-refractivity contribution < 1.29 is 4.79 Å². The fraction of sp³-hybridized carbons (Fsp3) is 0.350. The van der Waals surface area contributed by atoms with Gasteiger partial charge in [0, 0.05) is 17.1 Å². The van der Waals surface area contributed by atoms with Gasteiger partial charge in [-0.25, -0.2) is 4.98 Å². The molecule has 26 heavy (non-hydrogen) atoms. The first-order valence-corrected chi connectivity index (χ1v) is 9.78. The van der Waals surface area contributed by atoms with Crippen molar-refractivity contribution in [3.8, 4) is 0 Å². The molecule has 0 fully saturated rings. The Morgan fingerprint density at radius 2 is 2.12 bits per heavy atom. The van der Waals surface area contributed by atoms with Crippen molar-refractivity contribution in [3.05, 3.63) is 57.0 Å². The van der Waals surface area contributed by atoms with E-state index < -0.39 is 0 Å². The molecule has 0 saturated carbocycles. The molecule has 3 heterocycles. The number of carbonyl (C=O) groups excluding carboxylic acids is 1. The van der Waals surface area contributed by atoms with Gasteiger partial charge in [-0.3, -0.25) is 14.2 Å². The van der Waals surface area contributed by atoms with Crippen LogP contribution in [0.1, 0.15) is 29.6 Å². The summed E-state index contributed by atoms with van der Waals surface area (Å²) in [5.74, 6) is 0.528.